The monoisotopic (exact) mass is 186 g/mol. The van der Waals surface area contributed by atoms with Gasteiger partial charge in [0.15, 0.2) is 0 Å². The Labute approximate surface area is 78.0 Å². The van der Waals surface area contributed by atoms with Crippen molar-refractivity contribution >= 4 is 8.32 Å². The summed E-state index contributed by atoms with van der Waals surface area (Å²) in [6, 6.07) is 1.28. The van der Waals surface area contributed by atoms with Crippen LogP contribution < -0.4 is 0 Å². The Bertz CT molecular complexity index is 130. The summed E-state index contributed by atoms with van der Waals surface area (Å²) in [5.74, 6) is 0. The summed E-state index contributed by atoms with van der Waals surface area (Å²) in [5, 5.41) is 0. The summed E-state index contributed by atoms with van der Waals surface area (Å²) in [6.07, 6.45) is 7.62. The second kappa shape index (κ2) is 6.29. The van der Waals surface area contributed by atoms with Crippen LogP contribution in [0.5, 0.6) is 0 Å². The molecule has 0 radical (unpaired) electrons. The average molecular weight is 186 g/mol. The fraction of sp³-hybridized carbons (Fsp3) is 0.800. The molecule has 1 nitrogen and oxygen atoms in total. The molecule has 0 saturated heterocycles. The molecule has 0 amide bonds. The third-order valence-corrected chi connectivity index (χ3v) is 4.18. The maximum Gasteiger partial charge on any atom is 0.244 e. The fourth-order valence-corrected chi connectivity index (χ4v) is 2.78. The standard InChI is InChI=1S/C10H22OSi/c1-5-7-9-11-12(3,4)10-8-6-2/h7,9H,5-6,8,10H2,1-4H3/b9-7+. The van der Waals surface area contributed by atoms with Gasteiger partial charge in [-0.1, -0.05) is 32.8 Å². The van der Waals surface area contributed by atoms with Gasteiger partial charge in [0.1, 0.15) is 0 Å². The molecule has 0 aromatic rings. The Hall–Kier alpha value is -0.243. The molecule has 0 rings (SSSR count). The lowest BCUT2D eigenvalue weighted by Gasteiger charge is -2.20. The third kappa shape index (κ3) is 6.47. The van der Waals surface area contributed by atoms with E-state index in [-0.39, 0.29) is 0 Å². The summed E-state index contributed by atoms with van der Waals surface area (Å²) < 4.78 is 5.73. The second-order valence-corrected chi connectivity index (χ2v) is 8.02. The molecule has 12 heavy (non-hydrogen) atoms. The van der Waals surface area contributed by atoms with E-state index in [2.05, 4.69) is 33.0 Å². The van der Waals surface area contributed by atoms with Gasteiger partial charge in [-0.2, -0.15) is 0 Å². The molecule has 0 atom stereocenters. The van der Waals surface area contributed by atoms with E-state index in [1.54, 1.807) is 0 Å². The van der Waals surface area contributed by atoms with Crippen molar-refractivity contribution in [1.29, 1.82) is 0 Å². The van der Waals surface area contributed by atoms with Crippen LogP contribution in [-0.2, 0) is 4.43 Å². The van der Waals surface area contributed by atoms with Gasteiger partial charge in [-0.3, -0.25) is 0 Å². The topological polar surface area (TPSA) is 9.23 Å². The largest absolute Gasteiger partial charge is 0.550 e. The van der Waals surface area contributed by atoms with Crippen LogP contribution in [0.25, 0.3) is 0 Å². The van der Waals surface area contributed by atoms with E-state index in [0.29, 0.717) is 0 Å². The minimum Gasteiger partial charge on any atom is -0.550 e. The van der Waals surface area contributed by atoms with Gasteiger partial charge in [-0.25, -0.2) is 0 Å². The van der Waals surface area contributed by atoms with Crippen molar-refractivity contribution in [2.45, 2.75) is 52.2 Å². The van der Waals surface area contributed by atoms with E-state index in [1.807, 2.05) is 6.26 Å². The van der Waals surface area contributed by atoms with Crippen molar-refractivity contribution in [1.82, 2.24) is 0 Å². The lowest BCUT2D eigenvalue weighted by atomic mass is 10.4. The summed E-state index contributed by atoms with van der Waals surface area (Å²) in [6.45, 7) is 8.91. The van der Waals surface area contributed by atoms with Crippen LogP contribution in [0.1, 0.15) is 33.1 Å². The van der Waals surface area contributed by atoms with E-state index < -0.39 is 8.32 Å². The molecule has 2 heteroatoms. The fourth-order valence-electron chi connectivity index (χ4n) is 0.990. The van der Waals surface area contributed by atoms with Gasteiger partial charge in [0.2, 0.25) is 8.32 Å². The van der Waals surface area contributed by atoms with E-state index in [9.17, 15) is 0 Å². The minimum atomic E-state index is -1.35. The molecule has 0 bridgehead atoms. The van der Waals surface area contributed by atoms with Crippen LogP contribution in [-0.4, -0.2) is 8.32 Å². The van der Waals surface area contributed by atoms with Gasteiger partial charge >= 0.3 is 0 Å². The van der Waals surface area contributed by atoms with Gasteiger partial charge in [0, 0.05) is 0 Å². The van der Waals surface area contributed by atoms with Gasteiger partial charge in [-0.05, 0) is 25.6 Å². The van der Waals surface area contributed by atoms with E-state index in [0.717, 1.165) is 6.42 Å². The van der Waals surface area contributed by atoms with Crippen molar-refractivity contribution < 1.29 is 4.43 Å². The highest BCUT2D eigenvalue weighted by atomic mass is 28.4. The van der Waals surface area contributed by atoms with E-state index in [4.69, 9.17) is 4.43 Å². The molecule has 0 aliphatic rings. The predicted octanol–water partition coefficient (Wildman–Crippen LogP) is 3.93. The third-order valence-electron chi connectivity index (χ3n) is 1.85. The SMILES string of the molecule is CC/C=C/O[Si](C)(C)CCCC. The van der Waals surface area contributed by atoms with Crippen LogP contribution in [0, 0.1) is 0 Å². The second-order valence-electron chi connectivity index (χ2n) is 3.76. The lowest BCUT2D eigenvalue weighted by molar-refractivity contribution is 0.465. The van der Waals surface area contributed by atoms with Crippen molar-refractivity contribution in [3.05, 3.63) is 12.3 Å². The smallest absolute Gasteiger partial charge is 0.244 e. The molecule has 0 aromatic carbocycles. The number of allylic oxidation sites excluding steroid dienone is 1. The molecule has 0 aliphatic carbocycles. The molecule has 0 heterocycles. The first kappa shape index (κ1) is 11.8. The van der Waals surface area contributed by atoms with Gasteiger partial charge < -0.3 is 4.43 Å². The molecular weight excluding hydrogens is 164 g/mol. The van der Waals surface area contributed by atoms with Gasteiger partial charge in [0.05, 0.1) is 6.26 Å². The van der Waals surface area contributed by atoms with Crippen LogP contribution in [0.3, 0.4) is 0 Å². The number of hydrogen-bond acceptors (Lipinski definition) is 1. The Morgan fingerprint density at radius 2 is 1.92 bits per heavy atom. The first-order chi connectivity index (χ1) is 5.62. The zero-order chi connectivity index (χ0) is 9.45. The molecule has 0 N–H and O–H groups in total. The summed E-state index contributed by atoms with van der Waals surface area (Å²) in [7, 11) is -1.35. The van der Waals surface area contributed by atoms with Crippen LogP contribution in [0.2, 0.25) is 19.1 Å². The lowest BCUT2D eigenvalue weighted by Crippen LogP contribution is -2.27. The summed E-state index contributed by atoms with van der Waals surface area (Å²) in [5.41, 5.74) is 0. The van der Waals surface area contributed by atoms with Crippen LogP contribution in [0.15, 0.2) is 12.3 Å². The first-order valence-corrected chi connectivity index (χ1v) is 8.06. The normalized spacial score (nSPS) is 12.3. The maximum absolute atomic E-state index is 5.73. The quantitative estimate of drug-likeness (QED) is 0.451. The number of hydrogen-bond donors (Lipinski definition) is 0. The minimum absolute atomic E-state index is 1.07. The van der Waals surface area contributed by atoms with Gasteiger partial charge in [-0.15, -0.1) is 0 Å². The molecular formula is C10H22OSi. The van der Waals surface area contributed by atoms with Crippen molar-refractivity contribution in [3.8, 4) is 0 Å². The van der Waals surface area contributed by atoms with Crippen molar-refractivity contribution in [2.24, 2.45) is 0 Å². The Morgan fingerprint density at radius 3 is 2.42 bits per heavy atom. The highest BCUT2D eigenvalue weighted by molar-refractivity contribution is 6.71. The predicted molar refractivity (Wildman–Crippen MR) is 57.7 cm³/mol. The maximum atomic E-state index is 5.73. The molecule has 0 aromatic heterocycles. The van der Waals surface area contributed by atoms with Crippen LogP contribution in [0.4, 0.5) is 0 Å². The van der Waals surface area contributed by atoms with Crippen LogP contribution >= 0.6 is 0 Å². The summed E-state index contributed by atoms with van der Waals surface area (Å²) in [4.78, 5) is 0. The summed E-state index contributed by atoms with van der Waals surface area (Å²) >= 11 is 0. The number of rotatable bonds is 6. The zero-order valence-electron chi connectivity index (χ0n) is 8.89. The van der Waals surface area contributed by atoms with Crippen molar-refractivity contribution in [3.63, 3.8) is 0 Å². The van der Waals surface area contributed by atoms with E-state index >= 15 is 0 Å². The molecule has 0 unspecified atom stereocenters. The zero-order valence-corrected chi connectivity index (χ0v) is 9.89. The number of unbranched alkanes of at least 4 members (excludes halogenated alkanes) is 1. The molecule has 0 aliphatic heterocycles. The Balaban J connectivity index is 3.62. The Kier molecular flexibility index (Phi) is 6.16. The molecule has 0 spiro atoms. The van der Waals surface area contributed by atoms with Crippen molar-refractivity contribution in [2.75, 3.05) is 0 Å². The van der Waals surface area contributed by atoms with E-state index in [1.165, 1.54) is 18.9 Å². The average Bonchev–Trinajstić information content (AvgIpc) is 2.01. The highest BCUT2D eigenvalue weighted by Crippen LogP contribution is 2.15. The first-order valence-electron chi connectivity index (χ1n) is 4.95. The molecule has 0 fully saturated rings. The molecule has 72 valence electrons. The highest BCUT2D eigenvalue weighted by Gasteiger charge is 2.21. The van der Waals surface area contributed by atoms with Gasteiger partial charge in [0.25, 0.3) is 0 Å². The molecule has 0 saturated carbocycles. The Morgan fingerprint density at radius 1 is 1.25 bits per heavy atom.